The van der Waals surface area contributed by atoms with Gasteiger partial charge in [-0.2, -0.15) is 0 Å². The van der Waals surface area contributed by atoms with Crippen molar-refractivity contribution < 1.29 is 9.18 Å². The highest BCUT2D eigenvalue weighted by atomic mass is 19.1. The standard InChI is InChI=1S/C22H25FN6O/c1-3-4-9-26-22(30)17-12-19(27-15(2)16-5-7-18(23)8-6-16)28-20(13-17)29-21-14-24-10-11-25-21/h5-8,10-15H,3-4,9H2,1-2H3,(H,26,30)(H2,25,27,28,29). The number of anilines is 3. The largest absolute Gasteiger partial charge is 0.363 e. The molecule has 0 fully saturated rings. The number of nitrogens with zero attached hydrogens (tertiary/aromatic N) is 3. The molecule has 3 rings (SSSR count). The van der Waals surface area contributed by atoms with Gasteiger partial charge in [-0.15, -0.1) is 0 Å². The van der Waals surface area contributed by atoms with Crippen molar-refractivity contribution in [2.75, 3.05) is 17.2 Å². The average Bonchev–Trinajstić information content (AvgIpc) is 2.75. The third-order valence-electron chi connectivity index (χ3n) is 4.46. The van der Waals surface area contributed by atoms with Crippen LogP contribution in [0.15, 0.2) is 55.0 Å². The fourth-order valence-corrected chi connectivity index (χ4v) is 2.83. The predicted octanol–water partition coefficient (Wildman–Crippen LogP) is 4.46. The molecule has 7 nitrogen and oxygen atoms in total. The van der Waals surface area contributed by atoms with Gasteiger partial charge in [0.2, 0.25) is 0 Å². The molecule has 2 heterocycles. The quantitative estimate of drug-likeness (QED) is 0.453. The Kier molecular flexibility index (Phi) is 7.26. The van der Waals surface area contributed by atoms with Gasteiger partial charge < -0.3 is 16.0 Å². The number of unbranched alkanes of at least 4 members (excludes halogenated alkanes) is 1. The smallest absolute Gasteiger partial charge is 0.251 e. The van der Waals surface area contributed by atoms with Crippen LogP contribution >= 0.6 is 0 Å². The van der Waals surface area contributed by atoms with Crippen molar-refractivity contribution in [3.8, 4) is 0 Å². The Labute approximate surface area is 175 Å². The third-order valence-corrected chi connectivity index (χ3v) is 4.46. The number of pyridine rings is 1. The number of aromatic nitrogens is 3. The van der Waals surface area contributed by atoms with Gasteiger partial charge in [-0.3, -0.25) is 9.78 Å². The highest BCUT2D eigenvalue weighted by Crippen LogP contribution is 2.22. The lowest BCUT2D eigenvalue weighted by Gasteiger charge is -2.17. The van der Waals surface area contributed by atoms with E-state index in [0.29, 0.717) is 29.6 Å². The van der Waals surface area contributed by atoms with E-state index in [-0.39, 0.29) is 17.8 Å². The van der Waals surface area contributed by atoms with Crippen LogP contribution in [0.5, 0.6) is 0 Å². The van der Waals surface area contributed by atoms with Gasteiger partial charge in [0.05, 0.1) is 6.20 Å². The van der Waals surface area contributed by atoms with Gasteiger partial charge in [-0.05, 0) is 43.2 Å². The first-order valence-corrected chi connectivity index (χ1v) is 9.90. The summed E-state index contributed by atoms with van der Waals surface area (Å²) in [6.45, 7) is 4.62. The number of benzene rings is 1. The van der Waals surface area contributed by atoms with E-state index in [0.717, 1.165) is 18.4 Å². The third kappa shape index (κ3) is 5.97. The molecule has 2 aromatic heterocycles. The lowest BCUT2D eigenvalue weighted by atomic mass is 10.1. The van der Waals surface area contributed by atoms with Crippen molar-refractivity contribution in [1.29, 1.82) is 0 Å². The van der Waals surface area contributed by atoms with Crippen molar-refractivity contribution in [2.24, 2.45) is 0 Å². The Bertz CT molecular complexity index is 965. The van der Waals surface area contributed by atoms with Crippen LogP contribution in [-0.4, -0.2) is 27.4 Å². The summed E-state index contributed by atoms with van der Waals surface area (Å²) in [5.74, 6) is 1.04. The fourth-order valence-electron chi connectivity index (χ4n) is 2.83. The van der Waals surface area contributed by atoms with E-state index in [9.17, 15) is 9.18 Å². The summed E-state index contributed by atoms with van der Waals surface area (Å²) in [5.41, 5.74) is 1.38. The second-order valence-corrected chi connectivity index (χ2v) is 6.87. The van der Waals surface area contributed by atoms with E-state index < -0.39 is 0 Å². The number of carbonyl (C=O) groups is 1. The second kappa shape index (κ2) is 10.3. The maximum absolute atomic E-state index is 13.2. The predicted molar refractivity (Wildman–Crippen MR) is 115 cm³/mol. The molecule has 0 aliphatic rings. The first-order chi connectivity index (χ1) is 14.5. The summed E-state index contributed by atoms with van der Waals surface area (Å²) in [6, 6.07) is 9.49. The van der Waals surface area contributed by atoms with E-state index in [1.165, 1.54) is 12.1 Å². The van der Waals surface area contributed by atoms with Crippen molar-refractivity contribution >= 4 is 23.4 Å². The Balaban J connectivity index is 1.84. The Hall–Kier alpha value is -3.55. The maximum atomic E-state index is 13.2. The van der Waals surface area contributed by atoms with Crippen molar-refractivity contribution in [3.63, 3.8) is 0 Å². The highest BCUT2D eigenvalue weighted by Gasteiger charge is 2.13. The topological polar surface area (TPSA) is 91.8 Å². The Morgan fingerprint density at radius 3 is 2.57 bits per heavy atom. The number of nitrogens with one attached hydrogen (secondary N) is 3. The summed E-state index contributed by atoms with van der Waals surface area (Å²) in [6.07, 6.45) is 6.63. The molecule has 0 spiro atoms. The van der Waals surface area contributed by atoms with Gasteiger partial charge >= 0.3 is 0 Å². The molecule has 1 amide bonds. The minimum atomic E-state index is -0.287. The zero-order valence-corrected chi connectivity index (χ0v) is 17.0. The van der Waals surface area contributed by atoms with Crippen LogP contribution in [0.25, 0.3) is 0 Å². The SMILES string of the molecule is CCCCNC(=O)c1cc(Nc2cnccn2)nc(NC(C)c2ccc(F)cc2)c1. The van der Waals surface area contributed by atoms with Gasteiger partial charge in [0.15, 0.2) is 0 Å². The average molecular weight is 408 g/mol. The molecule has 30 heavy (non-hydrogen) atoms. The van der Waals surface area contributed by atoms with Crippen molar-refractivity contribution in [1.82, 2.24) is 20.3 Å². The van der Waals surface area contributed by atoms with E-state index in [2.05, 4.69) is 37.8 Å². The molecule has 3 aromatic rings. The molecular weight excluding hydrogens is 383 g/mol. The Morgan fingerprint density at radius 2 is 1.87 bits per heavy atom. The van der Waals surface area contributed by atoms with Crippen LogP contribution in [-0.2, 0) is 0 Å². The number of rotatable bonds is 9. The number of carbonyl (C=O) groups excluding carboxylic acids is 1. The molecule has 0 bridgehead atoms. The van der Waals surface area contributed by atoms with E-state index in [1.54, 1.807) is 42.9 Å². The second-order valence-electron chi connectivity index (χ2n) is 6.87. The minimum absolute atomic E-state index is 0.138. The molecule has 156 valence electrons. The molecule has 0 aliphatic heterocycles. The molecule has 0 radical (unpaired) electrons. The van der Waals surface area contributed by atoms with Gasteiger partial charge in [0.1, 0.15) is 23.3 Å². The van der Waals surface area contributed by atoms with E-state index in [1.807, 2.05) is 6.92 Å². The minimum Gasteiger partial charge on any atom is -0.363 e. The number of hydrogen-bond acceptors (Lipinski definition) is 6. The van der Waals surface area contributed by atoms with Crippen LogP contribution in [0, 0.1) is 5.82 Å². The molecule has 1 unspecified atom stereocenters. The van der Waals surface area contributed by atoms with E-state index in [4.69, 9.17) is 0 Å². The van der Waals surface area contributed by atoms with Crippen LogP contribution in [0.2, 0.25) is 0 Å². The number of hydrogen-bond donors (Lipinski definition) is 3. The molecule has 1 atom stereocenters. The molecule has 3 N–H and O–H groups in total. The fraction of sp³-hybridized carbons (Fsp3) is 0.273. The summed E-state index contributed by atoms with van der Waals surface area (Å²) in [5, 5.41) is 9.27. The highest BCUT2D eigenvalue weighted by molar-refractivity contribution is 5.95. The Morgan fingerprint density at radius 1 is 1.10 bits per heavy atom. The van der Waals surface area contributed by atoms with Crippen LogP contribution in [0.3, 0.4) is 0 Å². The summed E-state index contributed by atoms with van der Waals surface area (Å²) >= 11 is 0. The normalized spacial score (nSPS) is 11.6. The maximum Gasteiger partial charge on any atom is 0.251 e. The zero-order valence-electron chi connectivity index (χ0n) is 17.0. The molecule has 1 aromatic carbocycles. The van der Waals surface area contributed by atoms with E-state index >= 15 is 0 Å². The van der Waals surface area contributed by atoms with Crippen molar-refractivity contribution in [3.05, 3.63) is 71.9 Å². The van der Waals surface area contributed by atoms with Crippen LogP contribution in [0.1, 0.15) is 48.7 Å². The molecule has 8 heteroatoms. The zero-order chi connectivity index (χ0) is 21.3. The molecule has 0 saturated heterocycles. The van der Waals surface area contributed by atoms with Gasteiger partial charge in [0.25, 0.3) is 5.91 Å². The van der Waals surface area contributed by atoms with Crippen LogP contribution < -0.4 is 16.0 Å². The number of amides is 1. The molecular formula is C22H25FN6O. The first-order valence-electron chi connectivity index (χ1n) is 9.90. The number of halogens is 1. The summed E-state index contributed by atoms with van der Waals surface area (Å²) < 4.78 is 13.2. The van der Waals surface area contributed by atoms with Gasteiger partial charge in [-0.25, -0.2) is 14.4 Å². The first kappa shape index (κ1) is 21.2. The monoisotopic (exact) mass is 408 g/mol. The van der Waals surface area contributed by atoms with Crippen LogP contribution in [0.4, 0.5) is 21.8 Å². The lowest BCUT2D eigenvalue weighted by molar-refractivity contribution is 0.0953. The molecule has 0 aliphatic carbocycles. The summed E-state index contributed by atoms with van der Waals surface area (Å²) in [4.78, 5) is 25.4. The lowest BCUT2D eigenvalue weighted by Crippen LogP contribution is -2.24. The van der Waals surface area contributed by atoms with Gasteiger partial charge in [0, 0.05) is 30.5 Å². The van der Waals surface area contributed by atoms with Gasteiger partial charge in [-0.1, -0.05) is 25.5 Å². The van der Waals surface area contributed by atoms with Crippen molar-refractivity contribution in [2.45, 2.75) is 32.7 Å². The summed E-state index contributed by atoms with van der Waals surface area (Å²) in [7, 11) is 0. The molecule has 0 saturated carbocycles.